The summed E-state index contributed by atoms with van der Waals surface area (Å²) in [5.41, 5.74) is 0. The Balaban J connectivity index is 1.71. The largest absolute Gasteiger partial charge is 0.301 e. The number of nitriles is 1. The molecule has 0 spiro atoms. The van der Waals surface area contributed by atoms with Gasteiger partial charge in [0.25, 0.3) is 0 Å². The van der Waals surface area contributed by atoms with Crippen LogP contribution in [0.25, 0.3) is 0 Å². The van der Waals surface area contributed by atoms with E-state index in [0.717, 1.165) is 19.0 Å². The average Bonchev–Trinajstić information content (AvgIpc) is 3.03. The monoisotopic (exact) mass is 221 g/mol. The van der Waals surface area contributed by atoms with E-state index in [0.29, 0.717) is 6.04 Å². The Morgan fingerprint density at radius 3 is 2.56 bits per heavy atom. The summed E-state index contributed by atoms with van der Waals surface area (Å²) in [6, 6.07) is 3.06. The van der Waals surface area contributed by atoms with Gasteiger partial charge in [0.15, 0.2) is 0 Å². The first-order chi connectivity index (χ1) is 7.81. The zero-order chi connectivity index (χ0) is 11.4. The second-order valence-electron chi connectivity index (χ2n) is 5.27. The van der Waals surface area contributed by atoms with Crippen LogP contribution in [0.2, 0.25) is 0 Å². The molecule has 1 N–H and O–H groups in total. The Bertz CT molecular complexity index is 250. The fourth-order valence-electron chi connectivity index (χ4n) is 2.30. The van der Waals surface area contributed by atoms with Crippen molar-refractivity contribution in [3.63, 3.8) is 0 Å². The van der Waals surface area contributed by atoms with E-state index in [-0.39, 0.29) is 6.04 Å². The SMILES string of the molecule is CCN(CC1CCC1)CC(C#N)NC1CC1. The molecule has 0 aromatic heterocycles. The zero-order valence-electron chi connectivity index (χ0n) is 10.3. The average molecular weight is 221 g/mol. The minimum absolute atomic E-state index is 0.0347. The first-order valence-electron chi connectivity index (χ1n) is 6.69. The highest BCUT2D eigenvalue weighted by molar-refractivity contribution is 4.97. The Morgan fingerprint density at radius 2 is 2.12 bits per heavy atom. The molecule has 0 radical (unpaired) electrons. The molecule has 0 amide bonds. The summed E-state index contributed by atoms with van der Waals surface area (Å²) in [5.74, 6) is 0.903. The molecule has 2 aliphatic rings. The van der Waals surface area contributed by atoms with Gasteiger partial charge in [0, 0.05) is 19.1 Å². The Morgan fingerprint density at radius 1 is 1.38 bits per heavy atom. The van der Waals surface area contributed by atoms with Gasteiger partial charge < -0.3 is 4.90 Å². The molecule has 3 nitrogen and oxygen atoms in total. The molecule has 0 aromatic carbocycles. The van der Waals surface area contributed by atoms with Gasteiger partial charge in [0.2, 0.25) is 0 Å². The van der Waals surface area contributed by atoms with Gasteiger partial charge in [-0.15, -0.1) is 0 Å². The van der Waals surface area contributed by atoms with Crippen molar-refractivity contribution in [1.29, 1.82) is 5.26 Å². The van der Waals surface area contributed by atoms with Crippen molar-refractivity contribution < 1.29 is 0 Å². The van der Waals surface area contributed by atoms with Crippen LogP contribution < -0.4 is 5.32 Å². The van der Waals surface area contributed by atoms with Gasteiger partial charge in [-0.3, -0.25) is 5.32 Å². The quantitative estimate of drug-likeness (QED) is 0.712. The molecule has 0 bridgehead atoms. The van der Waals surface area contributed by atoms with Crippen LogP contribution in [0, 0.1) is 17.2 Å². The zero-order valence-corrected chi connectivity index (χ0v) is 10.3. The molecule has 2 aliphatic carbocycles. The number of nitrogens with one attached hydrogen (secondary N) is 1. The Kier molecular flexibility index (Phi) is 4.20. The summed E-state index contributed by atoms with van der Waals surface area (Å²) < 4.78 is 0. The highest BCUT2D eigenvalue weighted by Gasteiger charge is 2.26. The van der Waals surface area contributed by atoms with Crippen LogP contribution in [-0.4, -0.2) is 36.6 Å². The minimum atomic E-state index is 0.0347. The number of hydrogen-bond donors (Lipinski definition) is 1. The van der Waals surface area contributed by atoms with Gasteiger partial charge in [-0.25, -0.2) is 0 Å². The van der Waals surface area contributed by atoms with E-state index in [1.807, 2.05) is 0 Å². The van der Waals surface area contributed by atoms with Crippen LogP contribution in [0.15, 0.2) is 0 Å². The van der Waals surface area contributed by atoms with E-state index in [2.05, 4.69) is 23.2 Å². The number of hydrogen-bond acceptors (Lipinski definition) is 3. The van der Waals surface area contributed by atoms with Crippen LogP contribution in [0.1, 0.15) is 39.0 Å². The lowest BCUT2D eigenvalue weighted by molar-refractivity contribution is 0.177. The summed E-state index contributed by atoms with van der Waals surface area (Å²) in [5, 5.41) is 12.5. The van der Waals surface area contributed by atoms with Crippen molar-refractivity contribution >= 4 is 0 Å². The van der Waals surface area contributed by atoms with Gasteiger partial charge in [0.05, 0.1) is 6.07 Å². The van der Waals surface area contributed by atoms with E-state index >= 15 is 0 Å². The van der Waals surface area contributed by atoms with Crippen molar-refractivity contribution in [3.05, 3.63) is 0 Å². The van der Waals surface area contributed by atoms with Crippen LogP contribution in [0.4, 0.5) is 0 Å². The third kappa shape index (κ3) is 3.47. The summed E-state index contributed by atoms with van der Waals surface area (Å²) in [7, 11) is 0. The summed E-state index contributed by atoms with van der Waals surface area (Å²) in [4.78, 5) is 2.44. The molecule has 90 valence electrons. The lowest BCUT2D eigenvalue weighted by atomic mass is 9.85. The van der Waals surface area contributed by atoms with Crippen LogP contribution in [0.5, 0.6) is 0 Å². The molecule has 2 fully saturated rings. The fraction of sp³-hybridized carbons (Fsp3) is 0.923. The fourth-order valence-corrected chi connectivity index (χ4v) is 2.30. The highest BCUT2D eigenvalue weighted by Crippen LogP contribution is 2.27. The molecule has 1 unspecified atom stereocenters. The topological polar surface area (TPSA) is 39.1 Å². The van der Waals surface area contributed by atoms with Crippen molar-refractivity contribution in [3.8, 4) is 6.07 Å². The molecule has 0 heterocycles. The molecular formula is C13H23N3. The van der Waals surface area contributed by atoms with Crippen molar-refractivity contribution in [1.82, 2.24) is 10.2 Å². The van der Waals surface area contributed by atoms with E-state index in [1.54, 1.807) is 0 Å². The second kappa shape index (κ2) is 5.65. The molecule has 3 heteroatoms. The molecule has 16 heavy (non-hydrogen) atoms. The maximum atomic E-state index is 9.11. The first-order valence-corrected chi connectivity index (χ1v) is 6.69. The van der Waals surface area contributed by atoms with E-state index < -0.39 is 0 Å². The maximum absolute atomic E-state index is 9.11. The van der Waals surface area contributed by atoms with E-state index in [1.165, 1.54) is 38.6 Å². The smallest absolute Gasteiger partial charge is 0.108 e. The summed E-state index contributed by atoms with van der Waals surface area (Å²) in [6.45, 7) is 5.37. The second-order valence-corrected chi connectivity index (χ2v) is 5.27. The molecule has 0 saturated heterocycles. The normalized spacial score (nSPS) is 22.8. The molecule has 1 atom stereocenters. The third-order valence-corrected chi connectivity index (χ3v) is 3.80. The lowest BCUT2D eigenvalue weighted by Crippen LogP contribution is -2.43. The van der Waals surface area contributed by atoms with E-state index in [9.17, 15) is 0 Å². The van der Waals surface area contributed by atoms with Gasteiger partial charge in [0.1, 0.15) is 6.04 Å². The number of nitrogens with zero attached hydrogens (tertiary/aromatic N) is 2. The lowest BCUT2D eigenvalue weighted by Gasteiger charge is -2.32. The van der Waals surface area contributed by atoms with Gasteiger partial charge in [-0.1, -0.05) is 13.3 Å². The van der Waals surface area contributed by atoms with Crippen LogP contribution >= 0.6 is 0 Å². The summed E-state index contributed by atoms with van der Waals surface area (Å²) in [6.07, 6.45) is 6.71. The summed E-state index contributed by atoms with van der Waals surface area (Å²) >= 11 is 0. The van der Waals surface area contributed by atoms with Crippen LogP contribution in [0.3, 0.4) is 0 Å². The maximum Gasteiger partial charge on any atom is 0.108 e. The predicted molar refractivity (Wildman–Crippen MR) is 65.0 cm³/mol. The van der Waals surface area contributed by atoms with Crippen molar-refractivity contribution in [2.24, 2.45) is 5.92 Å². The van der Waals surface area contributed by atoms with Crippen LogP contribution in [-0.2, 0) is 0 Å². The molecule has 0 aliphatic heterocycles. The third-order valence-electron chi connectivity index (χ3n) is 3.80. The molecule has 2 saturated carbocycles. The van der Waals surface area contributed by atoms with E-state index in [4.69, 9.17) is 5.26 Å². The standard InChI is InChI=1S/C13H23N3/c1-2-16(9-11-4-3-5-11)10-13(8-14)15-12-6-7-12/h11-13,15H,2-7,9-10H2,1H3. The molecular weight excluding hydrogens is 198 g/mol. The van der Waals surface area contributed by atoms with Crippen molar-refractivity contribution in [2.45, 2.75) is 51.1 Å². The van der Waals surface area contributed by atoms with Gasteiger partial charge in [-0.2, -0.15) is 5.26 Å². The van der Waals surface area contributed by atoms with Gasteiger partial charge >= 0.3 is 0 Å². The number of likely N-dealkylation sites (N-methyl/N-ethyl adjacent to an activating group) is 1. The Labute approximate surface area is 98.8 Å². The number of rotatable bonds is 7. The first kappa shape index (κ1) is 11.9. The van der Waals surface area contributed by atoms with Gasteiger partial charge in [-0.05, 0) is 38.1 Å². The highest BCUT2D eigenvalue weighted by atomic mass is 15.2. The molecule has 2 rings (SSSR count). The molecule has 0 aromatic rings. The predicted octanol–water partition coefficient (Wildman–Crippen LogP) is 1.75. The van der Waals surface area contributed by atoms with Crippen molar-refractivity contribution in [2.75, 3.05) is 19.6 Å². The Hall–Kier alpha value is -0.590. The minimum Gasteiger partial charge on any atom is -0.301 e.